The number of fused-ring (bicyclic) bond motifs is 2. The number of anilines is 1. The molecule has 2 heterocycles. The van der Waals surface area contributed by atoms with Crippen LogP contribution in [0.4, 0.5) is 5.69 Å². The number of esters is 1. The summed E-state index contributed by atoms with van der Waals surface area (Å²) < 4.78 is 29.8. The molecule has 1 unspecified atom stereocenters. The molecule has 28 heavy (non-hydrogen) atoms. The van der Waals surface area contributed by atoms with Gasteiger partial charge in [-0.05, 0) is 39.0 Å². The topological polar surface area (TPSA) is 116 Å². The van der Waals surface area contributed by atoms with Crippen molar-refractivity contribution in [2.24, 2.45) is 10.2 Å². The summed E-state index contributed by atoms with van der Waals surface area (Å²) in [6.07, 6.45) is 0. The Hall–Kier alpha value is -1.87. The van der Waals surface area contributed by atoms with E-state index in [1.54, 1.807) is 39.0 Å². The number of azo groups is 1. The first-order valence-electron chi connectivity index (χ1n) is 8.70. The van der Waals surface area contributed by atoms with Gasteiger partial charge < -0.3 is 19.1 Å². The monoisotopic (exact) mass is 471 g/mol. The second-order valence-electron chi connectivity index (χ2n) is 5.81. The summed E-state index contributed by atoms with van der Waals surface area (Å²) in [7, 11) is -4.00. The van der Waals surface area contributed by atoms with E-state index in [-0.39, 0.29) is 30.8 Å². The predicted octanol–water partition coefficient (Wildman–Crippen LogP) is 4.10. The summed E-state index contributed by atoms with van der Waals surface area (Å²) in [6.45, 7) is 5.03. The molecule has 0 bridgehead atoms. The van der Waals surface area contributed by atoms with E-state index in [9.17, 15) is 14.2 Å². The first kappa shape index (κ1) is 20.9. The van der Waals surface area contributed by atoms with Crippen molar-refractivity contribution >= 4 is 41.1 Å². The Morgan fingerprint density at radius 1 is 1.21 bits per heavy atom. The van der Waals surface area contributed by atoms with E-state index in [4.69, 9.17) is 13.8 Å². The molecule has 11 heteroatoms. The van der Waals surface area contributed by atoms with E-state index in [0.717, 1.165) is 0 Å². The fraction of sp³-hybridized carbons (Fsp3) is 0.412. The number of rotatable bonds is 7. The van der Waals surface area contributed by atoms with E-state index >= 15 is 0 Å². The molecule has 0 aromatic heterocycles. The fourth-order valence-electron chi connectivity index (χ4n) is 3.12. The molecule has 0 saturated carbocycles. The zero-order chi connectivity index (χ0) is 20.5. The summed E-state index contributed by atoms with van der Waals surface area (Å²) in [5.41, 5.74) is -1.51. The second-order valence-corrected chi connectivity index (χ2v) is 8.66. The Morgan fingerprint density at radius 3 is 2.50 bits per heavy atom. The SMILES string of the molecule is CCOC(=O)C1=C(P(=O)(OCC)OCC)N=NC12C(=O)Nc1ccc(Br)cc12. The van der Waals surface area contributed by atoms with Crippen LogP contribution in [0.1, 0.15) is 26.3 Å². The van der Waals surface area contributed by atoms with Crippen molar-refractivity contribution in [2.45, 2.75) is 26.3 Å². The van der Waals surface area contributed by atoms with E-state index in [1.165, 1.54) is 0 Å². The van der Waals surface area contributed by atoms with Crippen LogP contribution in [0.2, 0.25) is 0 Å². The zero-order valence-electron chi connectivity index (χ0n) is 15.5. The Bertz CT molecular complexity index is 937. The number of carbonyl (C=O) groups is 2. The molecule has 0 radical (unpaired) electrons. The van der Waals surface area contributed by atoms with Crippen LogP contribution in [-0.2, 0) is 33.5 Å². The lowest BCUT2D eigenvalue weighted by atomic mass is 9.85. The first-order valence-corrected chi connectivity index (χ1v) is 11.0. The quantitative estimate of drug-likeness (QED) is 0.472. The maximum Gasteiger partial charge on any atom is 0.382 e. The number of halogens is 1. The lowest BCUT2D eigenvalue weighted by molar-refractivity contribution is -0.140. The minimum absolute atomic E-state index is 0.0478. The maximum atomic E-state index is 13.4. The van der Waals surface area contributed by atoms with Gasteiger partial charge in [0.05, 0.1) is 19.8 Å². The number of benzene rings is 1. The van der Waals surface area contributed by atoms with Crippen molar-refractivity contribution in [1.29, 1.82) is 0 Å². The molecule has 1 spiro atoms. The molecule has 1 aromatic rings. The highest BCUT2D eigenvalue weighted by atomic mass is 79.9. The van der Waals surface area contributed by atoms with Gasteiger partial charge in [-0.3, -0.25) is 9.36 Å². The summed E-state index contributed by atoms with van der Waals surface area (Å²) >= 11 is 3.36. The Balaban J connectivity index is 2.30. The predicted molar refractivity (Wildman–Crippen MR) is 104 cm³/mol. The highest BCUT2D eigenvalue weighted by Crippen LogP contribution is 2.63. The standard InChI is InChI=1S/C17H19BrN3O6P/c1-4-25-15(22)13-14(28(24,26-5-2)27-6-3)20-21-17(13)11-9-10(18)7-8-12(11)19-16(17)23/h7-9H,4-6H2,1-3H3,(H,19,23). The molecule has 1 atom stereocenters. The van der Waals surface area contributed by atoms with Crippen molar-refractivity contribution in [2.75, 3.05) is 25.1 Å². The van der Waals surface area contributed by atoms with Crippen LogP contribution < -0.4 is 5.32 Å². The lowest BCUT2D eigenvalue weighted by Gasteiger charge is -2.22. The summed E-state index contributed by atoms with van der Waals surface area (Å²) in [5, 5.41) is 10.8. The highest BCUT2D eigenvalue weighted by molar-refractivity contribution is 9.10. The number of amides is 1. The average Bonchev–Trinajstić information content (AvgIpc) is 3.17. The first-order chi connectivity index (χ1) is 13.3. The number of nitrogens with zero attached hydrogens (tertiary/aromatic N) is 2. The van der Waals surface area contributed by atoms with Gasteiger partial charge in [0, 0.05) is 15.7 Å². The molecule has 0 aliphatic carbocycles. The molecule has 1 aromatic carbocycles. The summed E-state index contributed by atoms with van der Waals surface area (Å²) in [6, 6.07) is 5.07. The van der Waals surface area contributed by atoms with E-state index in [2.05, 4.69) is 31.5 Å². The molecular weight excluding hydrogens is 453 g/mol. The van der Waals surface area contributed by atoms with Gasteiger partial charge in [0.2, 0.25) is 5.54 Å². The van der Waals surface area contributed by atoms with Gasteiger partial charge in [0.1, 0.15) is 5.57 Å². The van der Waals surface area contributed by atoms with Crippen LogP contribution in [-0.4, -0.2) is 31.7 Å². The number of hydrogen-bond acceptors (Lipinski definition) is 8. The molecule has 1 N–H and O–H groups in total. The van der Waals surface area contributed by atoms with Crippen molar-refractivity contribution in [3.8, 4) is 0 Å². The van der Waals surface area contributed by atoms with Crippen molar-refractivity contribution in [3.05, 3.63) is 39.2 Å². The van der Waals surface area contributed by atoms with Gasteiger partial charge in [-0.1, -0.05) is 15.9 Å². The third-order valence-electron chi connectivity index (χ3n) is 4.17. The van der Waals surface area contributed by atoms with Gasteiger partial charge in [-0.2, -0.15) is 5.11 Å². The molecule has 0 fully saturated rings. The normalized spacial score (nSPS) is 20.6. The van der Waals surface area contributed by atoms with Crippen LogP contribution >= 0.6 is 23.5 Å². The number of nitrogens with one attached hydrogen (secondary N) is 1. The Labute approximate surface area is 170 Å². The maximum absolute atomic E-state index is 13.4. The number of carbonyl (C=O) groups excluding carboxylic acids is 2. The lowest BCUT2D eigenvalue weighted by Crippen LogP contribution is -2.37. The Morgan fingerprint density at radius 2 is 1.89 bits per heavy atom. The van der Waals surface area contributed by atoms with Crippen LogP contribution in [0.15, 0.2) is 43.9 Å². The third kappa shape index (κ3) is 3.14. The van der Waals surface area contributed by atoms with E-state index in [0.29, 0.717) is 15.7 Å². The van der Waals surface area contributed by atoms with Gasteiger partial charge in [-0.25, -0.2) is 4.79 Å². The van der Waals surface area contributed by atoms with Crippen molar-refractivity contribution in [1.82, 2.24) is 0 Å². The molecule has 0 saturated heterocycles. The summed E-state index contributed by atoms with van der Waals surface area (Å²) in [4.78, 5) is 25.9. The Kier molecular flexibility index (Phi) is 5.86. The molecule has 2 aliphatic heterocycles. The zero-order valence-corrected chi connectivity index (χ0v) is 18.0. The fourth-order valence-corrected chi connectivity index (χ4v) is 5.17. The third-order valence-corrected chi connectivity index (χ3v) is 6.69. The van der Waals surface area contributed by atoms with Gasteiger partial charge in [0.15, 0.2) is 5.44 Å². The molecule has 150 valence electrons. The van der Waals surface area contributed by atoms with Crippen LogP contribution in [0.5, 0.6) is 0 Å². The minimum atomic E-state index is -4.00. The average molecular weight is 472 g/mol. The van der Waals surface area contributed by atoms with Crippen LogP contribution in [0, 0.1) is 0 Å². The van der Waals surface area contributed by atoms with Crippen molar-refractivity contribution in [3.63, 3.8) is 0 Å². The molecule has 1 amide bonds. The van der Waals surface area contributed by atoms with Gasteiger partial charge in [0.25, 0.3) is 5.91 Å². The summed E-state index contributed by atoms with van der Waals surface area (Å²) in [5.74, 6) is -1.45. The highest BCUT2D eigenvalue weighted by Gasteiger charge is 2.60. The van der Waals surface area contributed by atoms with Crippen molar-refractivity contribution < 1.29 is 27.9 Å². The van der Waals surface area contributed by atoms with Gasteiger partial charge >= 0.3 is 13.6 Å². The minimum Gasteiger partial charge on any atom is -0.462 e. The van der Waals surface area contributed by atoms with E-state index in [1.807, 2.05) is 0 Å². The smallest absolute Gasteiger partial charge is 0.382 e. The number of hydrogen-bond donors (Lipinski definition) is 1. The molecule has 9 nitrogen and oxygen atoms in total. The largest absolute Gasteiger partial charge is 0.462 e. The molecule has 2 aliphatic rings. The molecule has 3 rings (SSSR count). The second kappa shape index (κ2) is 7.87. The van der Waals surface area contributed by atoms with Crippen LogP contribution in [0.3, 0.4) is 0 Å². The molecular formula is C17H19BrN3O6P. The van der Waals surface area contributed by atoms with E-state index < -0.39 is 25.0 Å². The number of ether oxygens (including phenoxy) is 1. The van der Waals surface area contributed by atoms with Crippen LogP contribution in [0.25, 0.3) is 0 Å². The van der Waals surface area contributed by atoms with Gasteiger partial charge in [-0.15, -0.1) is 5.11 Å².